The maximum absolute atomic E-state index is 11.0. The van der Waals surface area contributed by atoms with Crippen LogP contribution in [0.3, 0.4) is 0 Å². The van der Waals surface area contributed by atoms with Gasteiger partial charge in [0.15, 0.2) is 0 Å². The van der Waals surface area contributed by atoms with E-state index in [0.717, 1.165) is 6.42 Å². The Kier molecular flexibility index (Phi) is 3.44. The molecule has 0 bridgehead atoms. The average molecular weight is 247 g/mol. The Balaban J connectivity index is 2.30. The van der Waals surface area contributed by atoms with Crippen LogP contribution in [0.2, 0.25) is 0 Å². The number of carboxylic acids is 1. The highest BCUT2D eigenvalue weighted by Crippen LogP contribution is 2.48. The molecule has 0 amide bonds. The van der Waals surface area contributed by atoms with E-state index in [-0.39, 0.29) is 17.9 Å². The molecular formula is C15H21NO2. The summed E-state index contributed by atoms with van der Waals surface area (Å²) in [5, 5.41) is 12.3. The fourth-order valence-corrected chi connectivity index (χ4v) is 2.78. The molecule has 3 unspecified atom stereocenters. The monoisotopic (exact) mass is 247 g/mol. The number of aliphatic carboxylic acids is 1. The topological polar surface area (TPSA) is 49.3 Å². The Morgan fingerprint density at radius 2 is 2.00 bits per heavy atom. The van der Waals surface area contributed by atoms with Crippen LogP contribution in [0, 0.1) is 32.6 Å². The standard InChI is InChI=1S/C15H21NO2/c1-8-5-6-11(10(3)9(8)2)14(16-4)12-7-13(12)15(17)18/h5-6,12-14,16H,7H2,1-4H3,(H,17,18). The van der Waals surface area contributed by atoms with E-state index in [0.29, 0.717) is 0 Å². The first-order valence-corrected chi connectivity index (χ1v) is 6.44. The van der Waals surface area contributed by atoms with Gasteiger partial charge in [0.1, 0.15) is 0 Å². The summed E-state index contributed by atoms with van der Waals surface area (Å²) in [4.78, 5) is 11.0. The molecule has 2 rings (SSSR count). The van der Waals surface area contributed by atoms with Crippen LogP contribution in [0.25, 0.3) is 0 Å². The van der Waals surface area contributed by atoms with Gasteiger partial charge in [-0.05, 0) is 62.4 Å². The second-order valence-electron chi connectivity index (χ2n) is 5.33. The van der Waals surface area contributed by atoms with Crippen molar-refractivity contribution in [1.82, 2.24) is 5.32 Å². The summed E-state index contributed by atoms with van der Waals surface area (Å²) >= 11 is 0. The summed E-state index contributed by atoms with van der Waals surface area (Å²) in [6.45, 7) is 6.36. The first kappa shape index (κ1) is 13.1. The Hall–Kier alpha value is -1.35. The third kappa shape index (κ3) is 2.15. The van der Waals surface area contributed by atoms with Crippen molar-refractivity contribution in [2.75, 3.05) is 7.05 Å². The third-order valence-electron chi connectivity index (χ3n) is 4.33. The van der Waals surface area contributed by atoms with Gasteiger partial charge in [-0.1, -0.05) is 12.1 Å². The first-order valence-electron chi connectivity index (χ1n) is 6.44. The van der Waals surface area contributed by atoms with Gasteiger partial charge in [-0.25, -0.2) is 0 Å². The van der Waals surface area contributed by atoms with Crippen molar-refractivity contribution in [2.24, 2.45) is 11.8 Å². The maximum Gasteiger partial charge on any atom is 0.306 e. The molecule has 2 N–H and O–H groups in total. The number of hydrogen-bond donors (Lipinski definition) is 2. The molecule has 1 aliphatic rings. The lowest BCUT2D eigenvalue weighted by Gasteiger charge is -2.21. The first-order chi connectivity index (χ1) is 8.47. The van der Waals surface area contributed by atoms with Gasteiger partial charge in [0.05, 0.1) is 5.92 Å². The largest absolute Gasteiger partial charge is 0.481 e. The molecule has 1 aliphatic carbocycles. The SMILES string of the molecule is CNC(c1ccc(C)c(C)c1C)C1CC1C(=O)O. The van der Waals surface area contributed by atoms with Gasteiger partial charge in [0.25, 0.3) is 0 Å². The lowest BCUT2D eigenvalue weighted by molar-refractivity contribution is -0.138. The van der Waals surface area contributed by atoms with E-state index < -0.39 is 5.97 Å². The number of aryl methyl sites for hydroxylation is 1. The van der Waals surface area contributed by atoms with Gasteiger partial charge >= 0.3 is 5.97 Å². The van der Waals surface area contributed by atoms with Gasteiger partial charge in [0, 0.05) is 6.04 Å². The zero-order valence-electron chi connectivity index (χ0n) is 11.4. The molecule has 3 atom stereocenters. The molecule has 0 saturated heterocycles. The Bertz CT molecular complexity index is 482. The number of rotatable bonds is 4. The molecular weight excluding hydrogens is 226 g/mol. The van der Waals surface area contributed by atoms with Crippen LogP contribution in [-0.4, -0.2) is 18.1 Å². The number of hydrogen-bond acceptors (Lipinski definition) is 2. The van der Waals surface area contributed by atoms with E-state index >= 15 is 0 Å². The van der Waals surface area contributed by atoms with Crippen LogP contribution in [-0.2, 0) is 4.79 Å². The predicted octanol–water partition coefficient (Wildman–Crippen LogP) is 2.59. The van der Waals surface area contributed by atoms with Gasteiger partial charge in [-0.3, -0.25) is 4.79 Å². The Morgan fingerprint density at radius 1 is 1.33 bits per heavy atom. The van der Waals surface area contributed by atoms with Crippen molar-refractivity contribution in [3.63, 3.8) is 0 Å². The molecule has 1 saturated carbocycles. The lowest BCUT2D eigenvalue weighted by Crippen LogP contribution is -2.21. The fourth-order valence-electron chi connectivity index (χ4n) is 2.78. The van der Waals surface area contributed by atoms with Crippen molar-refractivity contribution >= 4 is 5.97 Å². The highest BCUT2D eigenvalue weighted by atomic mass is 16.4. The lowest BCUT2D eigenvalue weighted by atomic mass is 9.91. The zero-order chi connectivity index (χ0) is 13.4. The van der Waals surface area contributed by atoms with E-state index in [9.17, 15) is 4.79 Å². The average Bonchev–Trinajstić information content (AvgIpc) is 3.10. The second-order valence-corrected chi connectivity index (χ2v) is 5.33. The molecule has 0 radical (unpaired) electrons. The van der Waals surface area contributed by atoms with Crippen molar-refractivity contribution in [3.05, 3.63) is 34.4 Å². The Morgan fingerprint density at radius 3 is 2.50 bits per heavy atom. The smallest absolute Gasteiger partial charge is 0.306 e. The quantitative estimate of drug-likeness (QED) is 0.859. The summed E-state index contributed by atoms with van der Waals surface area (Å²) in [5.74, 6) is -0.612. The van der Waals surface area contributed by atoms with E-state index in [1.54, 1.807) is 0 Å². The molecule has 3 heteroatoms. The highest BCUT2D eigenvalue weighted by molar-refractivity contribution is 5.73. The van der Waals surface area contributed by atoms with Crippen molar-refractivity contribution < 1.29 is 9.90 Å². The molecule has 1 fully saturated rings. The zero-order valence-corrected chi connectivity index (χ0v) is 11.4. The summed E-state index contributed by atoms with van der Waals surface area (Å²) in [6, 6.07) is 4.42. The van der Waals surface area contributed by atoms with Crippen molar-refractivity contribution in [1.29, 1.82) is 0 Å². The van der Waals surface area contributed by atoms with Crippen LogP contribution >= 0.6 is 0 Å². The van der Waals surface area contributed by atoms with Crippen molar-refractivity contribution in [2.45, 2.75) is 33.2 Å². The minimum atomic E-state index is -0.665. The minimum Gasteiger partial charge on any atom is -0.481 e. The fraction of sp³-hybridized carbons (Fsp3) is 0.533. The summed E-state index contributed by atoms with van der Waals surface area (Å²) < 4.78 is 0. The predicted molar refractivity (Wildman–Crippen MR) is 71.7 cm³/mol. The molecule has 3 nitrogen and oxygen atoms in total. The number of benzene rings is 1. The normalized spacial score (nSPS) is 23.8. The Labute approximate surface area is 108 Å². The highest BCUT2D eigenvalue weighted by Gasteiger charge is 2.48. The maximum atomic E-state index is 11.0. The molecule has 0 aromatic heterocycles. The van der Waals surface area contributed by atoms with Crippen molar-refractivity contribution in [3.8, 4) is 0 Å². The van der Waals surface area contributed by atoms with Gasteiger partial charge in [0.2, 0.25) is 0 Å². The van der Waals surface area contributed by atoms with Crippen LogP contribution in [0.4, 0.5) is 0 Å². The third-order valence-corrected chi connectivity index (χ3v) is 4.33. The summed E-state index contributed by atoms with van der Waals surface area (Å²) in [5.41, 5.74) is 5.12. The number of nitrogens with one attached hydrogen (secondary N) is 1. The summed E-state index contributed by atoms with van der Waals surface area (Å²) in [7, 11) is 1.91. The van der Waals surface area contributed by atoms with Gasteiger partial charge < -0.3 is 10.4 Å². The number of carbonyl (C=O) groups is 1. The molecule has 1 aromatic carbocycles. The van der Waals surface area contributed by atoms with E-state index in [1.807, 2.05) is 7.05 Å². The summed E-state index contributed by atoms with van der Waals surface area (Å²) in [6.07, 6.45) is 0.785. The van der Waals surface area contributed by atoms with Crippen LogP contribution in [0.15, 0.2) is 12.1 Å². The van der Waals surface area contributed by atoms with Crippen LogP contribution in [0.1, 0.15) is 34.7 Å². The molecule has 1 aromatic rings. The second kappa shape index (κ2) is 4.73. The molecule has 18 heavy (non-hydrogen) atoms. The van der Waals surface area contributed by atoms with Crippen LogP contribution in [0.5, 0.6) is 0 Å². The van der Waals surface area contributed by atoms with Gasteiger partial charge in [-0.15, -0.1) is 0 Å². The van der Waals surface area contributed by atoms with Gasteiger partial charge in [-0.2, -0.15) is 0 Å². The molecule has 0 heterocycles. The van der Waals surface area contributed by atoms with E-state index in [1.165, 1.54) is 22.3 Å². The molecule has 0 spiro atoms. The molecule has 98 valence electrons. The molecule has 0 aliphatic heterocycles. The van der Waals surface area contributed by atoms with E-state index in [2.05, 4.69) is 38.2 Å². The van der Waals surface area contributed by atoms with Crippen LogP contribution < -0.4 is 5.32 Å². The minimum absolute atomic E-state index is 0.158. The van der Waals surface area contributed by atoms with E-state index in [4.69, 9.17) is 5.11 Å². The number of carboxylic acid groups (broad SMARTS) is 1.